The van der Waals surface area contributed by atoms with Crippen molar-refractivity contribution in [3.8, 4) is 11.5 Å². The lowest BCUT2D eigenvalue weighted by atomic mass is 10.1. The lowest BCUT2D eigenvalue weighted by molar-refractivity contribution is 0.284. The first-order valence-electron chi connectivity index (χ1n) is 6.13. The maximum Gasteiger partial charge on any atom is 0.161 e. The number of hydrogen-bond donors (Lipinski definition) is 0. The Labute approximate surface area is 118 Å². The molecule has 0 atom stereocenters. The molecule has 0 aliphatic heterocycles. The van der Waals surface area contributed by atoms with Crippen LogP contribution in [0.5, 0.6) is 11.5 Å². The Kier molecular flexibility index (Phi) is 4.63. The Morgan fingerprint density at radius 2 is 1.95 bits per heavy atom. The van der Waals surface area contributed by atoms with Crippen LogP contribution in [0.2, 0.25) is 5.15 Å². The van der Waals surface area contributed by atoms with Crippen molar-refractivity contribution in [3.63, 3.8) is 0 Å². The van der Waals surface area contributed by atoms with Gasteiger partial charge in [-0.1, -0.05) is 24.6 Å². The van der Waals surface area contributed by atoms with E-state index < -0.39 is 0 Å². The Bertz CT molecular complexity index is 558. The van der Waals surface area contributed by atoms with Gasteiger partial charge in [-0.05, 0) is 41.8 Å². The summed E-state index contributed by atoms with van der Waals surface area (Å²) in [7, 11) is 1.64. The van der Waals surface area contributed by atoms with Crippen LogP contribution in [0.15, 0.2) is 36.5 Å². The van der Waals surface area contributed by atoms with Crippen molar-refractivity contribution >= 4 is 11.6 Å². The van der Waals surface area contributed by atoms with Crippen LogP contribution in [-0.2, 0) is 13.0 Å². The highest BCUT2D eigenvalue weighted by Gasteiger charge is 2.05. The predicted octanol–water partition coefficient (Wildman–Crippen LogP) is 3.89. The molecule has 1 heterocycles. The van der Waals surface area contributed by atoms with E-state index in [2.05, 4.69) is 11.9 Å². The van der Waals surface area contributed by atoms with Crippen LogP contribution < -0.4 is 9.47 Å². The maximum atomic E-state index is 5.83. The third-order valence-electron chi connectivity index (χ3n) is 2.82. The zero-order valence-corrected chi connectivity index (χ0v) is 11.8. The second-order valence-corrected chi connectivity index (χ2v) is 4.50. The fourth-order valence-corrected chi connectivity index (χ4v) is 1.94. The van der Waals surface area contributed by atoms with Gasteiger partial charge in [0.05, 0.1) is 7.11 Å². The minimum atomic E-state index is 0.435. The van der Waals surface area contributed by atoms with E-state index in [1.54, 1.807) is 19.4 Å². The summed E-state index contributed by atoms with van der Waals surface area (Å²) in [5.74, 6) is 1.48. The zero-order chi connectivity index (χ0) is 13.7. The van der Waals surface area contributed by atoms with E-state index in [1.165, 1.54) is 5.56 Å². The summed E-state index contributed by atoms with van der Waals surface area (Å²) in [6, 6.07) is 9.62. The molecule has 0 aliphatic carbocycles. The number of ether oxygens (including phenoxy) is 2. The second-order valence-electron chi connectivity index (χ2n) is 4.11. The van der Waals surface area contributed by atoms with Crippen LogP contribution >= 0.6 is 11.6 Å². The van der Waals surface area contributed by atoms with Crippen LogP contribution in [0, 0.1) is 0 Å². The summed E-state index contributed by atoms with van der Waals surface area (Å²) in [6.45, 7) is 2.54. The van der Waals surface area contributed by atoms with E-state index in [1.807, 2.05) is 24.3 Å². The van der Waals surface area contributed by atoms with Crippen molar-refractivity contribution in [3.05, 3.63) is 52.8 Å². The van der Waals surface area contributed by atoms with Gasteiger partial charge >= 0.3 is 0 Å². The van der Waals surface area contributed by atoms with E-state index in [-0.39, 0.29) is 0 Å². The van der Waals surface area contributed by atoms with Crippen molar-refractivity contribution in [2.45, 2.75) is 20.0 Å². The lowest BCUT2D eigenvalue weighted by Crippen LogP contribution is -1.98. The summed E-state index contributed by atoms with van der Waals surface area (Å²) in [5, 5.41) is 0.467. The predicted molar refractivity (Wildman–Crippen MR) is 76.0 cm³/mol. The first kappa shape index (κ1) is 13.7. The van der Waals surface area contributed by atoms with E-state index >= 15 is 0 Å². The third-order valence-corrected chi connectivity index (χ3v) is 3.03. The molecule has 1 aromatic carbocycles. The molecule has 2 rings (SSSR count). The van der Waals surface area contributed by atoms with Crippen molar-refractivity contribution in [2.75, 3.05) is 7.11 Å². The van der Waals surface area contributed by atoms with Gasteiger partial charge in [0.25, 0.3) is 0 Å². The molecule has 0 radical (unpaired) electrons. The van der Waals surface area contributed by atoms with Gasteiger partial charge in [-0.3, -0.25) is 0 Å². The number of hydrogen-bond acceptors (Lipinski definition) is 3. The minimum absolute atomic E-state index is 0.435. The lowest BCUT2D eigenvalue weighted by Gasteiger charge is -2.12. The average molecular weight is 278 g/mol. The van der Waals surface area contributed by atoms with Crippen molar-refractivity contribution in [2.24, 2.45) is 0 Å². The quantitative estimate of drug-likeness (QED) is 0.777. The van der Waals surface area contributed by atoms with Gasteiger partial charge in [-0.2, -0.15) is 0 Å². The molecule has 0 fully saturated rings. The van der Waals surface area contributed by atoms with Gasteiger partial charge in [0, 0.05) is 6.20 Å². The Balaban J connectivity index is 2.11. The zero-order valence-electron chi connectivity index (χ0n) is 11.0. The number of halogens is 1. The van der Waals surface area contributed by atoms with Gasteiger partial charge in [-0.15, -0.1) is 0 Å². The minimum Gasteiger partial charge on any atom is -0.493 e. The van der Waals surface area contributed by atoms with Gasteiger partial charge in [0.15, 0.2) is 11.5 Å². The Morgan fingerprint density at radius 3 is 2.63 bits per heavy atom. The van der Waals surface area contributed by atoms with Crippen molar-refractivity contribution in [1.82, 2.24) is 4.98 Å². The maximum absolute atomic E-state index is 5.83. The van der Waals surface area contributed by atoms with Crippen LogP contribution in [-0.4, -0.2) is 12.1 Å². The number of aryl methyl sites for hydroxylation is 1. The average Bonchev–Trinajstić information content (AvgIpc) is 2.45. The number of benzene rings is 1. The topological polar surface area (TPSA) is 31.4 Å². The first-order chi connectivity index (χ1) is 9.22. The van der Waals surface area contributed by atoms with E-state index in [0.29, 0.717) is 11.8 Å². The molecule has 100 valence electrons. The van der Waals surface area contributed by atoms with Gasteiger partial charge < -0.3 is 9.47 Å². The highest BCUT2D eigenvalue weighted by atomic mass is 35.5. The van der Waals surface area contributed by atoms with Crippen LogP contribution in [0.25, 0.3) is 0 Å². The highest BCUT2D eigenvalue weighted by Crippen LogP contribution is 2.29. The molecule has 0 aliphatic rings. The second kappa shape index (κ2) is 6.43. The standard InChI is InChI=1S/C15H16ClNO2/c1-3-11-4-5-13(14(8-11)18-2)19-10-12-6-7-17-15(16)9-12/h4-9H,3,10H2,1-2H3. The fraction of sp³-hybridized carbons (Fsp3) is 0.267. The number of rotatable bonds is 5. The molecule has 0 saturated carbocycles. The third kappa shape index (κ3) is 3.61. The van der Waals surface area contributed by atoms with Crippen LogP contribution in [0.4, 0.5) is 0 Å². The first-order valence-corrected chi connectivity index (χ1v) is 6.51. The molecule has 4 heteroatoms. The van der Waals surface area contributed by atoms with E-state index in [0.717, 1.165) is 23.5 Å². The summed E-state index contributed by atoms with van der Waals surface area (Å²) in [6.07, 6.45) is 2.63. The molecule has 3 nitrogen and oxygen atoms in total. The monoisotopic (exact) mass is 277 g/mol. The number of nitrogens with zero attached hydrogens (tertiary/aromatic N) is 1. The summed E-state index contributed by atoms with van der Waals surface area (Å²) < 4.78 is 11.1. The molecule has 0 bridgehead atoms. The van der Waals surface area contributed by atoms with Gasteiger partial charge in [0.2, 0.25) is 0 Å². The van der Waals surface area contributed by atoms with E-state index in [9.17, 15) is 0 Å². The van der Waals surface area contributed by atoms with Crippen LogP contribution in [0.3, 0.4) is 0 Å². The molecule has 2 aromatic rings. The number of pyridine rings is 1. The molecule has 0 unspecified atom stereocenters. The molecule has 1 aromatic heterocycles. The SMILES string of the molecule is CCc1ccc(OCc2ccnc(Cl)c2)c(OC)c1. The molecule has 0 saturated heterocycles. The van der Waals surface area contributed by atoms with Crippen molar-refractivity contribution < 1.29 is 9.47 Å². The Morgan fingerprint density at radius 1 is 1.11 bits per heavy atom. The smallest absolute Gasteiger partial charge is 0.161 e. The number of aromatic nitrogens is 1. The van der Waals surface area contributed by atoms with Crippen LogP contribution in [0.1, 0.15) is 18.1 Å². The van der Waals surface area contributed by atoms with Gasteiger partial charge in [0.1, 0.15) is 11.8 Å². The van der Waals surface area contributed by atoms with Crippen molar-refractivity contribution in [1.29, 1.82) is 0 Å². The fourth-order valence-electron chi connectivity index (χ4n) is 1.74. The van der Waals surface area contributed by atoms with Gasteiger partial charge in [-0.25, -0.2) is 4.98 Å². The summed E-state index contributed by atoms with van der Waals surface area (Å²) >= 11 is 5.83. The molecule has 0 N–H and O–H groups in total. The Hall–Kier alpha value is -1.74. The molecule has 19 heavy (non-hydrogen) atoms. The molecule has 0 spiro atoms. The largest absolute Gasteiger partial charge is 0.493 e. The molecular weight excluding hydrogens is 262 g/mol. The van der Waals surface area contributed by atoms with E-state index in [4.69, 9.17) is 21.1 Å². The highest BCUT2D eigenvalue weighted by molar-refractivity contribution is 6.29. The normalized spacial score (nSPS) is 10.3. The summed E-state index contributed by atoms with van der Waals surface area (Å²) in [5.41, 5.74) is 2.19. The molecule has 0 amide bonds. The number of methoxy groups -OCH3 is 1. The molecular formula is C15H16ClNO2. The summed E-state index contributed by atoms with van der Waals surface area (Å²) in [4.78, 5) is 3.94.